The number of amides is 1. The van der Waals surface area contributed by atoms with Crippen LogP contribution in [0.4, 0.5) is 24.2 Å². The molecule has 2 N–H and O–H groups in total. The van der Waals surface area contributed by atoms with E-state index in [2.05, 4.69) is 5.32 Å². The van der Waals surface area contributed by atoms with E-state index < -0.39 is 39.6 Å². The first-order valence-corrected chi connectivity index (χ1v) is 10.2. The molecule has 0 spiro atoms. The number of rotatable bonds is 8. The summed E-state index contributed by atoms with van der Waals surface area (Å²) >= 11 is 0. The van der Waals surface area contributed by atoms with Crippen LogP contribution < -0.4 is 5.32 Å². The highest BCUT2D eigenvalue weighted by Crippen LogP contribution is 3.02. The largest absolute Gasteiger partial charge is 0.481 e. The zero-order chi connectivity index (χ0) is 21.8. The van der Waals surface area contributed by atoms with E-state index in [1.165, 1.54) is 0 Å². The van der Waals surface area contributed by atoms with Gasteiger partial charge in [0.1, 0.15) is 11.5 Å². The number of carboxylic acids is 1. The average molecular weight is 439 g/mol. The van der Waals surface area contributed by atoms with Crippen LogP contribution in [0.25, 0.3) is 0 Å². The van der Waals surface area contributed by atoms with Gasteiger partial charge in [-0.3, -0.25) is 4.79 Å². The van der Waals surface area contributed by atoms with E-state index in [0.717, 1.165) is 12.1 Å². The zero-order valence-corrected chi connectivity index (χ0v) is 15.7. The normalized spacial score (nSPS) is 14.9. The van der Waals surface area contributed by atoms with Crippen molar-refractivity contribution >= 4 is 22.3 Å². The first-order valence-electron chi connectivity index (χ1n) is 8.28. The van der Waals surface area contributed by atoms with E-state index in [0.29, 0.717) is 5.56 Å². The number of hydrogen-bond donors (Lipinski definition) is 2. The minimum absolute atomic E-state index is 0.0357. The summed E-state index contributed by atoms with van der Waals surface area (Å²) in [6.45, 7) is -0.0819. The Morgan fingerprint density at radius 2 is 1.55 bits per heavy atom. The maximum atomic E-state index is 12.8. The Morgan fingerprint density at radius 1 is 0.966 bits per heavy atom. The first-order chi connectivity index (χ1) is 13.2. The lowest BCUT2D eigenvalue weighted by molar-refractivity contribution is -0.137. The third kappa shape index (κ3) is 7.26. The average Bonchev–Trinajstić information content (AvgIpc) is 2.62. The molecular formula is C18H18F5NO4S. The molecule has 5 nitrogen and oxygen atoms in total. The molecule has 0 aliphatic rings. The number of aliphatic carboxylic acids is 1. The van der Waals surface area contributed by atoms with Crippen molar-refractivity contribution in [3.05, 3.63) is 65.7 Å². The Bertz CT molecular complexity index is 873. The maximum Gasteiger partial charge on any atom is 0.407 e. The number of ether oxygens (including phenoxy) is 1. The Balaban J connectivity index is 2.13. The maximum absolute atomic E-state index is 12.8. The van der Waals surface area contributed by atoms with Crippen LogP contribution in [0.5, 0.6) is 0 Å². The van der Waals surface area contributed by atoms with Crippen LogP contribution >= 0.6 is 10.2 Å². The van der Waals surface area contributed by atoms with E-state index in [1.54, 1.807) is 30.3 Å². The first kappa shape index (κ1) is 22.5. The smallest absolute Gasteiger partial charge is 0.407 e. The molecule has 1 atom stereocenters. The number of nitrogens with one attached hydrogen (secondary N) is 1. The molecule has 2 aromatic carbocycles. The summed E-state index contributed by atoms with van der Waals surface area (Å²) in [5.41, 5.74) is 0.721. The van der Waals surface area contributed by atoms with Gasteiger partial charge in [0.2, 0.25) is 0 Å². The van der Waals surface area contributed by atoms with Crippen molar-refractivity contribution in [3.8, 4) is 0 Å². The van der Waals surface area contributed by atoms with Crippen molar-refractivity contribution in [2.45, 2.75) is 30.4 Å². The van der Waals surface area contributed by atoms with Crippen LogP contribution in [-0.4, -0.2) is 17.2 Å². The van der Waals surface area contributed by atoms with E-state index in [9.17, 15) is 29.0 Å². The van der Waals surface area contributed by atoms with Crippen LogP contribution in [0, 0.1) is 0 Å². The van der Waals surface area contributed by atoms with Crippen molar-refractivity contribution in [2.75, 3.05) is 0 Å². The highest BCUT2D eigenvalue weighted by molar-refractivity contribution is 8.45. The van der Waals surface area contributed by atoms with Gasteiger partial charge in [-0.05, 0) is 29.7 Å². The second-order valence-corrected chi connectivity index (χ2v) is 8.64. The van der Waals surface area contributed by atoms with Crippen LogP contribution in [0.2, 0.25) is 0 Å². The Hall–Kier alpha value is -2.82. The fourth-order valence-corrected chi connectivity index (χ4v) is 3.10. The lowest BCUT2D eigenvalue weighted by Gasteiger charge is -2.40. The van der Waals surface area contributed by atoms with Crippen molar-refractivity contribution in [2.24, 2.45) is 0 Å². The van der Waals surface area contributed by atoms with E-state index in [-0.39, 0.29) is 30.7 Å². The van der Waals surface area contributed by atoms with Crippen molar-refractivity contribution in [1.29, 1.82) is 0 Å². The minimum atomic E-state index is -9.83. The van der Waals surface area contributed by atoms with Crippen LogP contribution in [0.3, 0.4) is 0 Å². The summed E-state index contributed by atoms with van der Waals surface area (Å²) in [4.78, 5) is 20.7. The molecule has 0 aliphatic carbocycles. The molecule has 1 unspecified atom stereocenters. The summed E-state index contributed by atoms with van der Waals surface area (Å²) < 4.78 is 69.2. The number of alkyl carbamates (subject to hydrolysis) is 1. The Labute approximate surface area is 163 Å². The summed E-state index contributed by atoms with van der Waals surface area (Å²) in [5.74, 6) is -1.20. The lowest BCUT2D eigenvalue weighted by atomic mass is 10.0. The van der Waals surface area contributed by atoms with Gasteiger partial charge in [0, 0.05) is 6.42 Å². The quantitative estimate of drug-likeness (QED) is 0.482. The van der Waals surface area contributed by atoms with Gasteiger partial charge < -0.3 is 15.2 Å². The molecule has 0 saturated carbocycles. The highest BCUT2D eigenvalue weighted by atomic mass is 32.5. The standard InChI is InChI=1S/C18H18F5NO4S/c19-29(20,21,22,23)15-8-6-14(7-9-15)16(10-11-17(25)26)24-18(27)28-12-13-4-2-1-3-5-13/h1-9,16H,10-12H2,(H,24,27)(H,25,26). The van der Waals surface area contributed by atoms with Crippen LogP contribution in [-0.2, 0) is 16.1 Å². The second-order valence-electron chi connectivity index (χ2n) is 6.23. The van der Waals surface area contributed by atoms with Gasteiger partial charge in [0.15, 0.2) is 0 Å². The Kier molecular flexibility index (Phi) is 5.84. The molecule has 11 heteroatoms. The number of benzene rings is 2. The molecule has 0 aromatic heterocycles. The highest BCUT2D eigenvalue weighted by Gasteiger charge is 2.65. The number of halogens is 5. The molecule has 0 aliphatic heterocycles. The molecule has 29 heavy (non-hydrogen) atoms. The van der Waals surface area contributed by atoms with Crippen LogP contribution in [0.15, 0.2) is 59.5 Å². The van der Waals surface area contributed by atoms with Gasteiger partial charge in [0.05, 0.1) is 6.04 Å². The van der Waals surface area contributed by atoms with Gasteiger partial charge in [-0.15, -0.1) is 0 Å². The van der Waals surface area contributed by atoms with Gasteiger partial charge in [0.25, 0.3) is 0 Å². The molecule has 160 valence electrons. The topological polar surface area (TPSA) is 75.6 Å². The van der Waals surface area contributed by atoms with Gasteiger partial charge in [-0.2, -0.15) is 0 Å². The summed E-state index contributed by atoms with van der Waals surface area (Å²) in [6.07, 6.45) is -1.51. The van der Waals surface area contributed by atoms with E-state index in [4.69, 9.17) is 9.84 Å². The zero-order valence-electron chi connectivity index (χ0n) is 14.9. The van der Waals surface area contributed by atoms with Crippen molar-refractivity contribution in [3.63, 3.8) is 0 Å². The molecule has 0 saturated heterocycles. The molecule has 1 amide bonds. The predicted octanol–water partition coefficient (Wildman–Crippen LogP) is 6.18. The summed E-state index contributed by atoms with van der Waals surface area (Å²) in [7, 11) is -9.83. The summed E-state index contributed by atoms with van der Waals surface area (Å²) in [5, 5.41) is 11.2. The fourth-order valence-electron chi connectivity index (χ4n) is 2.45. The SMILES string of the molecule is O=C(O)CCC(NC(=O)OCc1ccccc1)c1ccc(S(F)(F)(F)(F)F)cc1. The van der Waals surface area contributed by atoms with Crippen LogP contribution in [0.1, 0.15) is 30.0 Å². The monoisotopic (exact) mass is 439 g/mol. The van der Waals surface area contributed by atoms with E-state index in [1.807, 2.05) is 0 Å². The molecular weight excluding hydrogens is 421 g/mol. The minimum Gasteiger partial charge on any atom is -0.481 e. The molecule has 2 rings (SSSR count). The molecule has 0 radical (unpaired) electrons. The van der Waals surface area contributed by atoms with E-state index >= 15 is 0 Å². The second kappa shape index (κ2) is 7.54. The Morgan fingerprint density at radius 3 is 2.07 bits per heavy atom. The van der Waals surface area contributed by atoms with Gasteiger partial charge >= 0.3 is 22.3 Å². The molecule has 0 heterocycles. The van der Waals surface area contributed by atoms with Gasteiger partial charge in [-0.25, -0.2) is 4.79 Å². The molecule has 0 fully saturated rings. The predicted molar refractivity (Wildman–Crippen MR) is 97.2 cm³/mol. The molecule has 2 aromatic rings. The van der Waals surface area contributed by atoms with Gasteiger partial charge in [-0.1, -0.05) is 61.9 Å². The van der Waals surface area contributed by atoms with Crippen molar-refractivity contribution < 1.29 is 38.9 Å². The number of carboxylic acid groups (broad SMARTS) is 1. The lowest BCUT2D eigenvalue weighted by Crippen LogP contribution is -2.29. The summed E-state index contributed by atoms with van der Waals surface area (Å²) in [6, 6.07) is 9.56. The third-order valence-corrected chi connectivity index (χ3v) is 5.04. The number of carbonyl (C=O) groups excluding carboxylic acids is 1. The number of carbonyl (C=O) groups is 2. The fraction of sp³-hybridized carbons (Fsp3) is 0.222. The third-order valence-electron chi connectivity index (χ3n) is 3.88. The molecule has 0 bridgehead atoms. The van der Waals surface area contributed by atoms with Crippen molar-refractivity contribution in [1.82, 2.24) is 5.32 Å². The number of hydrogen-bond acceptors (Lipinski definition) is 3.